The molecule has 1 aliphatic heterocycles. The van der Waals surface area contributed by atoms with Crippen LogP contribution in [-0.4, -0.2) is 34.4 Å². The molecule has 0 radical (unpaired) electrons. The average molecular weight is 280 g/mol. The molecule has 1 fully saturated rings. The Bertz CT molecular complexity index is 706. The third-order valence-electron chi connectivity index (χ3n) is 3.57. The molecule has 0 aliphatic carbocycles. The van der Waals surface area contributed by atoms with Gasteiger partial charge in [-0.15, -0.1) is 0 Å². The summed E-state index contributed by atoms with van der Waals surface area (Å²) in [5.41, 5.74) is 1.36. The van der Waals surface area contributed by atoms with Crippen molar-refractivity contribution in [3.8, 4) is 5.75 Å². The minimum Gasteiger partial charge on any atom is -0.504 e. The van der Waals surface area contributed by atoms with E-state index >= 15 is 0 Å². The van der Waals surface area contributed by atoms with Gasteiger partial charge in [-0.05, 0) is 37.3 Å². The first kappa shape index (κ1) is 12.5. The molecule has 102 valence electrons. The highest BCUT2D eigenvalue weighted by molar-refractivity contribution is 7.91. The van der Waals surface area contributed by atoms with Crippen molar-refractivity contribution in [3.05, 3.63) is 30.2 Å². The van der Waals surface area contributed by atoms with E-state index in [1.165, 1.54) is 0 Å². The van der Waals surface area contributed by atoms with Gasteiger partial charge in [0.25, 0.3) is 0 Å². The topological polar surface area (TPSA) is 71.7 Å². The van der Waals surface area contributed by atoms with Crippen LogP contribution in [0.15, 0.2) is 24.5 Å². The smallest absolute Gasteiger partial charge is 0.179 e. The van der Waals surface area contributed by atoms with E-state index in [-0.39, 0.29) is 17.4 Å². The molecule has 0 amide bonds. The van der Waals surface area contributed by atoms with Crippen LogP contribution in [0.25, 0.3) is 5.65 Å². The molecule has 6 heteroatoms. The van der Waals surface area contributed by atoms with Gasteiger partial charge in [0.15, 0.2) is 21.2 Å². The molecule has 0 spiro atoms. The summed E-state index contributed by atoms with van der Waals surface area (Å²) in [5, 5.41) is 9.69. The molecule has 1 unspecified atom stereocenters. The molecule has 1 aliphatic rings. The number of hydrogen-bond donors (Lipinski definition) is 1. The Balaban J connectivity index is 1.84. The fourth-order valence-corrected chi connectivity index (χ4v) is 4.50. The van der Waals surface area contributed by atoms with Gasteiger partial charge in [0.05, 0.1) is 17.2 Å². The SMILES string of the molecule is O=S1(=O)CCCC(Cc2cn3cccc(O)c3n2)C1. The third-order valence-corrected chi connectivity index (χ3v) is 5.46. The van der Waals surface area contributed by atoms with Crippen LogP contribution in [0.2, 0.25) is 0 Å². The maximum atomic E-state index is 11.6. The van der Waals surface area contributed by atoms with Gasteiger partial charge in [0, 0.05) is 12.4 Å². The number of nitrogens with zero attached hydrogens (tertiary/aromatic N) is 2. The minimum atomic E-state index is -2.87. The maximum Gasteiger partial charge on any atom is 0.179 e. The largest absolute Gasteiger partial charge is 0.504 e. The lowest BCUT2D eigenvalue weighted by atomic mass is 10.00. The summed E-state index contributed by atoms with van der Waals surface area (Å²) in [6.07, 6.45) is 6.00. The molecule has 2 aromatic heterocycles. The van der Waals surface area contributed by atoms with Gasteiger partial charge in [-0.3, -0.25) is 0 Å². The van der Waals surface area contributed by atoms with Crippen molar-refractivity contribution in [1.29, 1.82) is 0 Å². The first-order valence-electron chi connectivity index (χ1n) is 6.39. The van der Waals surface area contributed by atoms with E-state index in [2.05, 4.69) is 4.98 Å². The Kier molecular flexibility index (Phi) is 2.97. The van der Waals surface area contributed by atoms with Crippen LogP contribution in [-0.2, 0) is 16.3 Å². The van der Waals surface area contributed by atoms with Gasteiger partial charge in [0.2, 0.25) is 0 Å². The molecule has 3 rings (SSSR count). The predicted molar refractivity (Wildman–Crippen MR) is 71.9 cm³/mol. The summed E-state index contributed by atoms with van der Waals surface area (Å²) in [4.78, 5) is 4.37. The summed E-state index contributed by atoms with van der Waals surface area (Å²) < 4.78 is 25.0. The van der Waals surface area contributed by atoms with Gasteiger partial charge in [0.1, 0.15) is 0 Å². The number of aromatic hydroxyl groups is 1. The molecule has 19 heavy (non-hydrogen) atoms. The zero-order valence-corrected chi connectivity index (χ0v) is 11.3. The van der Waals surface area contributed by atoms with Crippen LogP contribution in [0.4, 0.5) is 0 Å². The van der Waals surface area contributed by atoms with Crippen LogP contribution in [0.1, 0.15) is 18.5 Å². The highest BCUT2D eigenvalue weighted by Gasteiger charge is 2.25. The van der Waals surface area contributed by atoms with Gasteiger partial charge in [-0.25, -0.2) is 13.4 Å². The van der Waals surface area contributed by atoms with Gasteiger partial charge >= 0.3 is 0 Å². The van der Waals surface area contributed by atoms with Crippen LogP contribution in [0.3, 0.4) is 0 Å². The highest BCUT2D eigenvalue weighted by atomic mass is 32.2. The van der Waals surface area contributed by atoms with Crippen molar-refractivity contribution in [2.45, 2.75) is 19.3 Å². The highest BCUT2D eigenvalue weighted by Crippen LogP contribution is 2.23. The fraction of sp³-hybridized carbons (Fsp3) is 0.462. The molecular weight excluding hydrogens is 264 g/mol. The van der Waals surface area contributed by atoms with Gasteiger partial charge in [-0.2, -0.15) is 0 Å². The molecule has 2 aromatic rings. The number of aromatic nitrogens is 2. The monoisotopic (exact) mass is 280 g/mol. The first-order chi connectivity index (χ1) is 9.03. The van der Waals surface area contributed by atoms with Gasteiger partial charge < -0.3 is 9.51 Å². The molecule has 0 saturated carbocycles. The molecule has 5 nitrogen and oxygen atoms in total. The summed E-state index contributed by atoms with van der Waals surface area (Å²) >= 11 is 0. The lowest BCUT2D eigenvalue weighted by Gasteiger charge is -2.20. The Labute approximate surface area is 111 Å². The molecule has 1 N–H and O–H groups in total. The van der Waals surface area contributed by atoms with Crippen LogP contribution in [0.5, 0.6) is 5.75 Å². The lowest BCUT2D eigenvalue weighted by Crippen LogP contribution is -2.26. The molecule has 1 atom stereocenters. The Hall–Kier alpha value is -1.56. The fourth-order valence-electron chi connectivity index (χ4n) is 2.72. The molecule has 1 saturated heterocycles. The van der Waals surface area contributed by atoms with E-state index in [1.54, 1.807) is 16.5 Å². The number of sulfone groups is 1. The minimum absolute atomic E-state index is 0.144. The van der Waals surface area contributed by atoms with E-state index in [0.29, 0.717) is 17.8 Å². The second-order valence-electron chi connectivity index (χ2n) is 5.18. The van der Waals surface area contributed by atoms with E-state index in [1.807, 2.05) is 12.4 Å². The second kappa shape index (κ2) is 4.52. The second-order valence-corrected chi connectivity index (χ2v) is 7.41. The number of fused-ring (bicyclic) bond motifs is 1. The molecule has 0 aromatic carbocycles. The summed E-state index contributed by atoms with van der Waals surface area (Å²) in [6.45, 7) is 0. The van der Waals surface area contributed by atoms with E-state index in [0.717, 1.165) is 18.5 Å². The van der Waals surface area contributed by atoms with Crippen molar-refractivity contribution < 1.29 is 13.5 Å². The normalized spacial score (nSPS) is 22.6. The lowest BCUT2D eigenvalue weighted by molar-refractivity contribution is 0.475. The zero-order chi connectivity index (χ0) is 13.5. The van der Waals surface area contributed by atoms with Crippen molar-refractivity contribution >= 4 is 15.5 Å². The number of imidazole rings is 1. The third kappa shape index (κ3) is 2.58. The Morgan fingerprint density at radius 1 is 1.47 bits per heavy atom. The van der Waals surface area contributed by atoms with E-state index in [4.69, 9.17) is 0 Å². The van der Waals surface area contributed by atoms with Crippen molar-refractivity contribution in [1.82, 2.24) is 9.38 Å². The standard InChI is InChI=1S/C13H16N2O3S/c16-12-4-1-5-15-8-11(14-13(12)15)7-10-3-2-6-19(17,18)9-10/h1,4-5,8,10,16H,2-3,6-7,9H2. The average Bonchev–Trinajstić information content (AvgIpc) is 2.71. The number of pyridine rings is 1. The van der Waals surface area contributed by atoms with Crippen molar-refractivity contribution in [3.63, 3.8) is 0 Å². The van der Waals surface area contributed by atoms with Crippen LogP contribution in [0, 0.1) is 5.92 Å². The summed E-state index contributed by atoms with van der Waals surface area (Å²) in [6, 6.07) is 3.34. The van der Waals surface area contributed by atoms with Gasteiger partial charge in [-0.1, -0.05) is 0 Å². The molecular formula is C13H16N2O3S. The maximum absolute atomic E-state index is 11.6. The number of hydrogen-bond acceptors (Lipinski definition) is 4. The van der Waals surface area contributed by atoms with E-state index in [9.17, 15) is 13.5 Å². The van der Waals surface area contributed by atoms with Crippen molar-refractivity contribution in [2.75, 3.05) is 11.5 Å². The number of rotatable bonds is 2. The summed E-state index contributed by atoms with van der Waals surface area (Å²) in [5.74, 6) is 0.860. The van der Waals surface area contributed by atoms with Crippen LogP contribution < -0.4 is 0 Å². The predicted octanol–water partition coefficient (Wildman–Crippen LogP) is 1.41. The van der Waals surface area contributed by atoms with Crippen LogP contribution >= 0.6 is 0 Å². The zero-order valence-electron chi connectivity index (χ0n) is 10.5. The Morgan fingerprint density at radius 2 is 2.32 bits per heavy atom. The van der Waals surface area contributed by atoms with E-state index < -0.39 is 9.84 Å². The Morgan fingerprint density at radius 3 is 3.05 bits per heavy atom. The van der Waals surface area contributed by atoms with Crippen molar-refractivity contribution in [2.24, 2.45) is 5.92 Å². The molecule has 3 heterocycles. The quantitative estimate of drug-likeness (QED) is 0.902. The summed E-state index contributed by atoms with van der Waals surface area (Å²) in [7, 11) is -2.87. The first-order valence-corrected chi connectivity index (χ1v) is 8.22. The molecule has 0 bridgehead atoms.